The maximum atomic E-state index is 9.43. The maximum absolute atomic E-state index is 9.43. The Bertz CT molecular complexity index is 127. The first-order valence-corrected chi connectivity index (χ1v) is 4.11. The highest BCUT2D eigenvalue weighted by Crippen LogP contribution is 1.98. The van der Waals surface area contributed by atoms with E-state index < -0.39 is 0 Å². The van der Waals surface area contributed by atoms with Crippen molar-refractivity contribution >= 4 is 6.41 Å². The molecule has 0 aromatic heterocycles. The first-order chi connectivity index (χ1) is 6.04. The van der Waals surface area contributed by atoms with Crippen LogP contribution in [0.25, 0.3) is 0 Å². The van der Waals surface area contributed by atoms with E-state index in [-0.39, 0.29) is 0 Å². The highest BCUT2D eigenvalue weighted by Gasteiger charge is 1.91. The number of nitrogens with zero attached hydrogens (tertiary/aromatic N) is 2. The number of rotatable bonds is 5. The summed E-state index contributed by atoms with van der Waals surface area (Å²) in [4.78, 5) is 24.4. The number of carbonyl (C=O) groups excluding carboxylic acids is 1. The average molecular weight is 190 g/mol. The van der Waals surface area contributed by atoms with Crippen molar-refractivity contribution in [2.24, 2.45) is 11.3 Å². The summed E-state index contributed by atoms with van der Waals surface area (Å²) < 4.78 is 0. The summed E-state index contributed by atoms with van der Waals surface area (Å²) in [5.41, 5.74) is 0. The highest BCUT2D eigenvalue weighted by atomic mass is 16.7. The molecule has 0 atom stereocenters. The summed E-state index contributed by atoms with van der Waals surface area (Å²) in [6, 6.07) is 0. The van der Waals surface area contributed by atoms with Crippen LogP contribution in [-0.2, 0) is 9.63 Å². The fourth-order valence-electron chi connectivity index (χ4n) is 0.326. The number of hydrogen-bond acceptors (Lipinski definition) is 4. The lowest BCUT2D eigenvalue weighted by Gasteiger charge is -1.98. The fraction of sp³-hybridized carbons (Fsp3) is 0.875. The average Bonchev–Trinajstić information content (AvgIpc) is 2.05. The first kappa shape index (κ1) is 14.4. The van der Waals surface area contributed by atoms with Crippen LogP contribution in [0.4, 0.5) is 0 Å². The van der Waals surface area contributed by atoms with Crippen LogP contribution >= 0.6 is 0 Å². The quantitative estimate of drug-likeness (QED) is 0.285. The van der Waals surface area contributed by atoms with E-state index in [9.17, 15) is 9.70 Å². The van der Waals surface area contributed by atoms with Crippen LogP contribution in [-0.4, -0.2) is 32.0 Å². The van der Waals surface area contributed by atoms with Gasteiger partial charge in [0, 0.05) is 14.1 Å². The molecule has 5 nitrogen and oxygen atoms in total. The SMILES string of the molecule is CC(C)CCON=O.CN(C)C=O. The molecule has 78 valence electrons. The number of carbonyl (C=O) groups is 1. The Morgan fingerprint density at radius 1 is 1.46 bits per heavy atom. The van der Waals surface area contributed by atoms with Crippen LogP contribution in [0, 0.1) is 10.8 Å². The van der Waals surface area contributed by atoms with E-state index in [1.807, 2.05) is 0 Å². The van der Waals surface area contributed by atoms with Gasteiger partial charge in [-0.3, -0.25) is 4.79 Å². The van der Waals surface area contributed by atoms with Crippen LogP contribution in [0.15, 0.2) is 5.34 Å². The van der Waals surface area contributed by atoms with Crippen molar-refractivity contribution < 1.29 is 9.63 Å². The Kier molecular flexibility index (Phi) is 12.0. The lowest BCUT2D eigenvalue weighted by atomic mass is 10.1. The van der Waals surface area contributed by atoms with Gasteiger partial charge in [0.2, 0.25) is 6.41 Å². The molecule has 0 spiro atoms. The maximum Gasteiger partial charge on any atom is 0.209 e. The van der Waals surface area contributed by atoms with Crippen molar-refractivity contribution in [2.75, 3.05) is 20.7 Å². The van der Waals surface area contributed by atoms with Crippen molar-refractivity contribution in [3.63, 3.8) is 0 Å². The third-order valence-corrected chi connectivity index (χ3v) is 1.05. The van der Waals surface area contributed by atoms with Gasteiger partial charge in [0.05, 0.1) is 0 Å². The molecule has 0 heterocycles. The summed E-state index contributed by atoms with van der Waals surface area (Å²) in [6.07, 6.45) is 1.64. The summed E-state index contributed by atoms with van der Waals surface area (Å²) >= 11 is 0. The van der Waals surface area contributed by atoms with Gasteiger partial charge in [-0.2, -0.15) is 0 Å². The van der Waals surface area contributed by atoms with Crippen molar-refractivity contribution in [1.29, 1.82) is 0 Å². The van der Waals surface area contributed by atoms with Crippen molar-refractivity contribution in [1.82, 2.24) is 4.90 Å². The molecule has 0 unspecified atom stereocenters. The van der Waals surface area contributed by atoms with E-state index in [1.165, 1.54) is 4.90 Å². The molecule has 0 aliphatic carbocycles. The standard InChI is InChI=1S/C5H11NO2.C3H7NO/c1-5(2)3-4-8-6-7;1-4(2)3-5/h5H,3-4H2,1-2H3;3H,1-2H3. The van der Waals surface area contributed by atoms with Gasteiger partial charge in [-0.15, -0.1) is 4.91 Å². The van der Waals surface area contributed by atoms with Gasteiger partial charge >= 0.3 is 0 Å². The predicted octanol–water partition coefficient (Wildman–Crippen LogP) is 1.43. The van der Waals surface area contributed by atoms with E-state index >= 15 is 0 Å². The molecule has 0 bridgehead atoms. The Labute approximate surface area is 79.0 Å². The molecule has 0 N–H and O–H groups in total. The Morgan fingerprint density at radius 2 is 1.92 bits per heavy atom. The lowest BCUT2D eigenvalue weighted by Crippen LogP contribution is -2.06. The normalized spacial score (nSPS) is 8.38. The monoisotopic (exact) mass is 190 g/mol. The van der Waals surface area contributed by atoms with Crippen LogP contribution in [0.2, 0.25) is 0 Å². The molecule has 13 heavy (non-hydrogen) atoms. The van der Waals surface area contributed by atoms with E-state index in [0.717, 1.165) is 12.8 Å². The second-order valence-electron chi connectivity index (χ2n) is 3.16. The van der Waals surface area contributed by atoms with Gasteiger partial charge in [0.25, 0.3) is 0 Å². The van der Waals surface area contributed by atoms with Crippen molar-refractivity contribution in [2.45, 2.75) is 20.3 Å². The largest absolute Gasteiger partial charge is 0.364 e. The minimum Gasteiger partial charge on any atom is -0.364 e. The predicted molar refractivity (Wildman–Crippen MR) is 51.0 cm³/mol. The minimum absolute atomic E-state index is 0.446. The van der Waals surface area contributed by atoms with Gasteiger partial charge < -0.3 is 9.74 Å². The summed E-state index contributed by atoms with van der Waals surface area (Å²) in [7, 11) is 3.38. The number of hydrogen-bond donors (Lipinski definition) is 0. The van der Waals surface area contributed by atoms with Crippen LogP contribution < -0.4 is 0 Å². The number of amides is 1. The molecule has 0 rings (SSSR count). The van der Waals surface area contributed by atoms with Crippen LogP contribution in [0.5, 0.6) is 0 Å². The van der Waals surface area contributed by atoms with E-state index in [0.29, 0.717) is 12.5 Å². The molecular formula is C8H18N2O3. The second kappa shape index (κ2) is 10.9. The molecule has 1 amide bonds. The fourth-order valence-corrected chi connectivity index (χ4v) is 0.326. The van der Waals surface area contributed by atoms with E-state index in [2.05, 4.69) is 24.0 Å². The Balaban J connectivity index is 0. The van der Waals surface area contributed by atoms with Gasteiger partial charge in [-0.25, -0.2) is 0 Å². The van der Waals surface area contributed by atoms with Crippen molar-refractivity contribution in [3.05, 3.63) is 4.91 Å². The second-order valence-corrected chi connectivity index (χ2v) is 3.16. The zero-order chi connectivity index (χ0) is 10.7. The third-order valence-electron chi connectivity index (χ3n) is 1.05. The summed E-state index contributed by atoms with van der Waals surface area (Å²) in [6.45, 7) is 4.57. The summed E-state index contributed by atoms with van der Waals surface area (Å²) in [5.74, 6) is 0.580. The molecule has 0 aliphatic heterocycles. The molecule has 5 heteroatoms. The zero-order valence-electron chi connectivity index (χ0n) is 8.69. The molecule has 0 aromatic rings. The van der Waals surface area contributed by atoms with Gasteiger partial charge in [-0.1, -0.05) is 13.8 Å². The topological polar surface area (TPSA) is 59.0 Å². The molecular weight excluding hydrogens is 172 g/mol. The van der Waals surface area contributed by atoms with E-state index in [4.69, 9.17) is 0 Å². The van der Waals surface area contributed by atoms with Crippen LogP contribution in [0.1, 0.15) is 20.3 Å². The smallest absolute Gasteiger partial charge is 0.209 e. The van der Waals surface area contributed by atoms with Gasteiger partial charge in [-0.05, 0) is 12.3 Å². The minimum atomic E-state index is 0.446. The van der Waals surface area contributed by atoms with Gasteiger partial charge in [0.1, 0.15) is 6.61 Å². The molecule has 0 aliphatic rings. The molecule has 0 radical (unpaired) electrons. The molecule has 0 saturated heterocycles. The lowest BCUT2D eigenvalue weighted by molar-refractivity contribution is -0.115. The van der Waals surface area contributed by atoms with Crippen molar-refractivity contribution in [3.8, 4) is 0 Å². The van der Waals surface area contributed by atoms with Gasteiger partial charge in [0.15, 0.2) is 5.34 Å². The highest BCUT2D eigenvalue weighted by molar-refractivity contribution is 5.45. The van der Waals surface area contributed by atoms with E-state index in [1.54, 1.807) is 14.1 Å². The zero-order valence-corrected chi connectivity index (χ0v) is 8.69. The Morgan fingerprint density at radius 3 is 2.15 bits per heavy atom. The van der Waals surface area contributed by atoms with Crippen LogP contribution in [0.3, 0.4) is 0 Å². The summed E-state index contributed by atoms with van der Waals surface area (Å²) in [5, 5.41) is 2.26. The third kappa shape index (κ3) is 24.8. The first-order valence-electron chi connectivity index (χ1n) is 4.11. The molecule has 0 saturated carbocycles. The Hall–Kier alpha value is -1.13. The molecule has 0 aromatic carbocycles. The molecule has 0 fully saturated rings.